The molecule has 1 aromatic rings. The average Bonchev–Trinajstić information content (AvgIpc) is 2.28. The Labute approximate surface area is 119 Å². The zero-order valence-electron chi connectivity index (χ0n) is 9.94. The van der Waals surface area contributed by atoms with Crippen LogP contribution in [0.5, 0.6) is 0 Å². The van der Waals surface area contributed by atoms with Crippen LogP contribution >= 0.6 is 22.6 Å². The van der Waals surface area contributed by atoms with Crippen molar-refractivity contribution in [2.45, 2.75) is 19.4 Å². The highest BCUT2D eigenvalue weighted by atomic mass is 127. The van der Waals surface area contributed by atoms with E-state index in [1.807, 2.05) is 25.1 Å². The maximum Gasteiger partial charge on any atom is 0.249 e. The number of benzene rings is 1. The Hall–Kier alpha value is -1.31. The Morgan fingerprint density at radius 2 is 2.22 bits per heavy atom. The molecule has 18 heavy (non-hydrogen) atoms. The van der Waals surface area contributed by atoms with Gasteiger partial charge in [0, 0.05) is 3.57 Å². The van der Waals surface area contributed by atoms with Crippen molar-refractivity contribution in [2.75, 3.05) is 17.2 Å². The molecule has 0 aliphatic carbocycles. The van der Waals surface area contributed by atoms with Crippen LogP contribution in [0, 0.1) is 3.57 Å². The summed E-state index contributed by atoms with van der Waals surface area (Å²) in [5.74, 6) is -0.547. The van der Waals surface area contributed by atoms with E-state index < -0.39 is 0 Å². The van der Waals surface area contributed by atoms with Gasteiger partial charge in [0.05, 0.1) is 17.9 Å². The van der Waals surface area contributed by atoms with E-state index >= 15 is 0 Å². The third-order valence-corrected chi connectivity index (χ3v) is 3.61. The van der Waals surface area contributed by atoms with Gasteiger partial charge in [0.2, 0.25) is 11.8 Å². The van der Waals surface area contributed by atoms with Gasteiger partial charge in [-0.25, -0.2) is 0 Å². The van der Waals surface area contributed by atoms with Crippen molar-refractivity contribution < 1.29 is 9.59 Å². The second-order valence-electron chi connectivity index (χ2n) is 4.17. The third kappa shape index (κ3) is 2.43. The molecule has 5 nitrogen and oxygen atoms in total. The molecule has 1 aliphatic rings. The molecule has 2 amide bonds. The summed E-state index contributed by atoms with van der Waals surface area (Å²) in [6.45, 7) is 2.07. The van der Waals surface area contributed by atoms with E-state index in [1.165, 1.54) is 0 Å². The van der Waals surface area contributed by atoms with Gasteiger partial charge in [-0.2, -0.15) is 0 Å². The van der Waals surface area contributed by atoms with Gasteiger partial charge in [-0.05, 0) is 47.2 Å². The number of hydrogen-bond acceptors (Lipinski definition) is 4. The predicted molar refractivity (Wildman–Crippen MR) is 78.1 cm³/mol. The fraction of sp³-hybridized carbons (Fsp3) is 0.333. The summed E-state index contributed by atoms with van der Waals surface area (Å²) >= 11 is 2.17. The molecule has 2 rings (SSSR count). The van der Waals surface area contributed by atoms with Crippen LogP contribution in [0.3, 0.4) is 0 Å². The first-order valence-corrected chi connectivity index (χ1v) is 6.76. The zero-order valence-corrected chi connectivity index (χ0v) is 12.1. The Morgan fingerprint density at radius 3 is 2.83 bits per heavy atom. The first kappa shape index (κ1) is 13.1. The first-order chi connectivity index (χ1) is 8.52. The van der Waals surface area contributed by atoms with Gasteiger partial charge in [-0.3, -0.25) is 14.9 Å². The lowest BCUT2D eigenvalue weighted by atomic mass is 10.1. The van der Waals surface area contributed by atoms with Crippen LogP contribution in [0.2, 0.25) is 0 Å². The van der Waals surface area contributed by atoms with Crippen molar-refractivity contribution in [1.82, 2.24) is 5.32 Å². The highest BCUT2D eigenvalue weighted by Crippen LogP contribution is 2.28. The number of anilines is 2. The van der Waals surface area contributed by atoms with Gasteiger partial charge in [0.1, 0.15) is 6.04 Å². The van der Waals surface area contributed by atoms with Gasteiger partial charge in [-0.15, -0.1) is 0 Å². The van der Waals surface area contributed by atoms with Gasteiger partial charge in [0.15, 0.2) is 0 Å². The smallest absolute Gasteiger partial charge is 0.249 e. The van der Waals surface area contributed by atoms with Crippen LogP contribution in [0.1, 0.15) is 13.3 Å². The number of imide groups is 1. The molecule has 1 atom stereocenters. The largest absolute Gasteiger partial charge is 0.397 e. The summed E-state index contributed by atoms with van der Waals surface area (Å²) in [5.41, 5.74) is 7.30. The molecule has 96 valence electrons. The summed E-state index contributed by atoms with van der Waals surface area (Å²) in [6, 6.07) is 5.26. The summed E-state index contributed by atoms with van der Waals surface area (Å²) < 4.78 is 1.02. The summed E-state index contributed by atoms with van der Waals surface area (Å²) in [5, 5.41) is 2.35. The molecule has 0 saturated carbocycles. The fourth-order valence-corrected chi connectivity index (χ4v) is 2.63. The van der Waals surface area contributed by atoms with Crippen LogP contribution in [-0.2, 0) is 9.59 Å². The number of hydrogen-bond donors (Lipinski definition) is 2. The third-order valence-electron chi connectivity index (χ3n) is 2.94. The minimum atomic E-state index is -0.343. The molecule has 3 N–H and O–H groups in total. The fourth-order valence-electron chi connectivity index (χ4n) is 2.11. The lowest BCUT2D eigenvalue weighted by molar-refractivity contribution is -0.132. The van der Waals surface area contributed by atoms with Crippen molar-refractivity contribution in [3.05, 3.63) is 21.8 Å². The van der Waals surface area contributed by atoms with Crippen LogP contribution in [0.25, 0.3) is 0 Å². The van der Waals surface area contributed by atoms with Gasteiger partial charge >= 0.3 is 0 Å². The maximum atomic E-state index is 11.8. The summed E-state index contributed by atoms with van der Waals surface area (Å²) in [7, 11) is 0. The quantitative estimate of drug-likeness (QED) is 0.471. The minimum Gasteiger partial charge on any atom is -0.397 e. The number of carbonyl (C=O) groups excluding carboxylic acids is 2. The topological polar surface area (TPSA) is 75.4 Å². The molecule has 1 heterocycles. The molecule has 0 aromatic heterocycles. The molecule has 0 bridgehead atoms. The number of nitrogen functional groups attached to an aromatic ring is 1. The molecule has 1 fully saturated rings. The van der Waals surface area contributed by atoms with Crippen LogP contribution in [-0.4, -0.2) is 24.4 Å². The molecular formula is C12H14IN3O2. The molecular weight excluding hydrogens is 345 g/mol. The number of halogens is 1. The molecule has 1 aromatic carbocycles. The molecule has 6 heteroatoms. The Bertz CT molecular complexity index is 504. The Balaban J connectivity index is 2.39. The summed E-state index contributed by atoms with van der Waals surface area (Å²) in [6.07, 6.45) is 0.630. The van der Waals surface area contributed by atoms with E-state index in [-0.39, 0.29) is 24.4 Å². The second-order valence-corrected chi connectivity index (χ2v) is 5.41. The van der Waals surface area contributed by atoms with E-state index in [1.54, 1.807) is 4.90 Å². The van der Waals surface area contributed by atoms with Gasteiger partial charge in [-0.1, -0.05) is 6.92 Å². The van der Waals surface area contributed by atoms with E-state index in [0.29, 0.717) is 12.1 Å². The Morgan fingerprint density at radius 1 is 1.50 bits per heavy atom. The van der Waals surface area contributed by atoms with E-state index in [2.05, 4.69) is 27.9 Å². The SMILES string of the molecule is CCC1C(=O)NC(=O)CN1c1ccc(I)cc1N. The number of rotatable bonds is 2. The number of piperazine rings is 1. The number of nitrogens with two attached hydrogens (primary N) is 1. The van der Waals surface area contributed by atoms with Gasteiger partial charge < -0.3 is 10.6 Å². The average molecular weight is 359 g/mol. The van der Waals surface area contributed by atoms with Crippen molar-refractivity contribution in [3.8, 4) is 0 Å². The normalized spacial score (nSPS) is 19.9. The van der Waals surface area contributed by atoms with E-state index in [4.69, 9.17) is 5.73 Å². The van der Waals surface area contributed by atoms with Gasteiger partial charge in [0.25, 0.3) is 0 Å². The highest BCUT2D eigenvalue weighted by molar-refractivity contribution is 14.1. The maximum absolute atomic E-state index is 11.8. The van der Waals surface area contributed by atoms with Crippen LogP contribution in [0.4, 0.5) is 11.4 Å². The lowest BCUT2D eigenvalue weighted by Crippen LogP contribution is -2.58. The van der Waals surface area contributed by atoms with E-state index in [0.717, 1.165) is 9.26 Å². The Kier molecular flexibility index (Phi) is 3.74. The zero-order chi connectivity index (χ0) is 13.3. The van der Waals surface area contributed by atoms with Crippen LogP contribution in [0.15, 0.2) is 18.2 Å². The van der Waals surface area contributed by atoms with E-state index in [9.17, 15) is 9.59 Å². The molecule has 1 unspecified atom stereocenters. The lowest BCUT2D eigenvalue weighted by Gasteiger charge is -2.35. The predicted octanol–water partition coefficient (Wildman–Crippen LogP) is 1.11. The van der Waals surface area contributed by atoms with Crippen molar-refractivity contribution in [2.24, 2.45) is 0 Å². The monoisotopic (exact) mass is 359 g/mol. The highest BCUT2D eigenvalue weighted by Gasteiger charge is 2.33. The van der Waals surface area contributed by atoms with Crippen LogP contribution < -0.4 is 16.0 Å². The minimum absolute atomic E-state index is 0.162. The molecule has 1 saturated heterocycles. The summed E-state index contributed by atoms with van der Waals surface area (Å²) in [4.78, 5) is 25.0. The van der Waals surface area contributed by atoms with Crippen molar-refractivity contribution >= 4 is 45.8 Å². The number of nitrogens with one attached hydrogen (secondary N) is 1. The second kappa shape index (κ2) is 5.13. The molecule has 0 radical (unpaired) electrons. The number of amides is 2. The number of carbonyl (C=O) groups is 2. The molecule has 1 aliphatic heterocycles. The first-order valence-electron chi connectivity index (χ1n) is 5.68. The standard InChI is InChI=1S/C12H14IN3O2/c1-2-9-12(18)15-11(17)6-16(9)10-4-3-7(13)5-8(10)14/h3-5,9H,2,6,14H2,1H3,(H,15,17,18). The van der Waals surface area contributed by atoms with Crippen molar-refractivity contribution in [1.29, 1.82) is 0 Å². The molecule has 0 spiro atoms. The van der Waals surface area contributed by atoms with Crippen molar-refractivity contribution in [3.63, 3.8) is 0 Å². The number of nitrogens with zero attached hydrogens (tertiary/aromatic N) is 1.